The molecule has 28 heavy (non-hydrogen) atoms. The Bertz CT molecular complexity index is 755. The molecule has 0 spiro atoms. The van der Waals surface area contributed by atoms with Gasteiger partial charge in [-0.1, -0.05) is 23.7 Å². The molecule has 2 N–H and O–H groups in total. The van der Waals surface area contributed by atoms with Crippen LogP contribution in [0.3, 0.4) is 0 Å². The molecule has 156 valence electrons. The molecule has 1 aliphatic rings. The van der Waals surface area contributed by atoms with Crippen LogP contribution in [0.15, 0.2) is 42.5 Å². The van der Waals surface area contributed by atoms with Crippen LogP contribution in [0, 0.1) is 0 Å². The second kappa shape index (κ2) is 10.4. The summed E-state index contributed by atoms with van der Waals surface area (Å²) in [5.41, 5.74) is 1.36. The van der Waals surface area contributed by atoms with Gasteiger partial charge in [0.1, 0.15) is 11.5 Å². The molecule has 0 aliphatic carbocycles. The van der Waals surface area contributed by atoms with Crippen molar-refractivity contribution in [2.75, 3.05) is 26.2 Å². The smallest absolute Gasteiger partial charge is 0.508 e. The van der Waals surface area contributed by atoms with Crippen molar-refractivity contribution in [3.8, 4) is 11.5 Å². The fourth-order valence-corrected chi connectivity index (χ4v) is 3.30. The van der Waals surface area contributed by atoms with Crippen molar-refractivity contribution in [2.24, 2.45) is 0 Å². The van der Waals surface area contributed by atoms with Crippen LogP contribution in [-0.4, -0.2) is 42.5 Å². The van der Waals surface area contributed by atoms with Gasteiger partial charge in [0.05, 0.1) is 6.04 Å². The number of ether oxygens (including phenoxy) is 1. The Hall–Kier alpha value is -1.38. The lowest BCUT2D eigenvalue weighted by Crippen LogP contribution is -2.45. The van der Waals surface area contributed by atoms with Crippen molar-refractivity contribution in [1.82, 2.24) is 10.2 Å². The third-order valence-electron chi connectivity index (χ3n) is 4.23. The Morgan fingerprint density at radius 3 is 2.21 bits per heavy atom. The van der Waals surface area contributed by atoms with Crippen molar-refractivity contribution < 1.29 is 23.0 Å². The zero-order valence-corrected chi connectivity index (χ0v) is 17.0. The Kier molecular flexibility index (Phi) is 9.17. The zero-order chi connectivity index (χ0) is 18.7. The molecule has 2 aromatic carbocycles. The number of alkyl halides is 3. The van der Waals surface area contributed by atoms with Crippen LogP contribution in [-0.2, 0) is 0 Å². The fourth-order valence-electron chi connectivity index (χ4n) is 3.12. The Balaban J connectivity index is 0.00000196. The van der Waals surface area contributed by atoms with Gasteiger partial charge in [-0.25, -0.2) is 0 Å². The SMILES string of the molecule is Cl.Cl.Oc1ccc(Cl)cc1[C@@H](c1ccc(OC(F)(F)F)cc1)N1CCNCC1. The van der Waals surface area contributed by atoms with Gasteiger partial charge < -0.3 is 15.2 Å². The number of rotatable bonds is 4. The molecule has 0 bridgehead atoms. The molecule has 1 fully saturated rings. The second-order valence-electron chi connectivity index (χ2n) is 6.01. The molecular weight excluding hydrogens is 440 g/mol. The average Bonchev–Trinajstić information content (AvgIpc) is 2.59. The van der Waals surface area contributed by atoms with Crippen molar-refractivity contribution in [3.05, 3.63) is 58.6 Å². The van der Waals surface area contributed by atoms with Gasteiger partial charge in [0.15, 0.2) is 0 Å². The summed E-state index contributed by atoms with van der Waals surface area (Å²) >= 11 is 6.10. The quantitative estimate of drug-likeness (QED) is 0.690. The van der Waals surface area contributed by atoms with E-state index in [1.807, 2.05) is 0 Å². The molecule has 1 heterocycles. The number of nitrogens with zero attached hydrogens (tertiary/aromatic N) is 1. The van der Waals surface area contributed by atoms with E-state index < -0.39 is 6.36 Å². The number of piperazine rings is 1. The number of phenols is 1. The van der Waals surface area contributed by atoms with Gasteiger partial charge in [0.2, 0.25) is 0 Å². The standard InChI is InChI=1S/C18H18ClF3N2O2.2ClH/c19-13-3-6-16(25)15(11-13)17(24-9-7-23-8-10-24)12-1-4-14(5-2-12)26-18(20,21)22;;/h1-6,11,17,23,25H,7-10H2;2*1H/t17-;;/m1../s1. The zero-order valence-electron chi connectivity index (χ0n) is 14.6. The molecule has 0 amide bonds. The van der Waals surface area contributed by atoms with Crippen molar-refractivity contribution >= 4 is 36.4 Å². The molecule has 1 aliphatic heterocycles. The van der Waals surface area contributed by atoms with E-state index in [9.17, 15) is 18.3 Å². The molecule has 0 aromatic heterocycles. The van der Waals surface area contributed by atoms with Crippen LogP contribution in [0.1, 0.15) is 17.2 Å². The number of hydrogen-bond acceptors (Lipinski definition) is 4. The van der Waals surface area contributed by atoms with Crippen molar-refractivity contribution in [3.63, 3.8) is 0 Å². The number of phenolic OH excluding ortho intramolecular Hbond substituents is 1. The monoisotopic (exact) mass is 458 g/mol. The second-order valence-corrected chi connectivity index (χ2v) is 6.44. The van der Waals surface area contributed by atoms with Crippen molar-refractivity contribution in [1.29, 1.82) is 0 Å². The van der Waals surface area contributed by atoms with E-state index >= 15 is 0 Å². The van der Waals surface area contributed by atoms with Crippen LogP contribution in [0.5, 0.6) is 11.5 Å². The minimum atomic E-state index is -4.73. The van der Waals surface area contributed by atoms with Crippen LogP contribution in [0.4, 0.5) is 13.2 Å². The molecule has 0 unspecified atom stereocenters. The number of hydrogen-bond donors (Lipinski definition) is 2. The molecular formula is C18H20Cl3F3N2O2. The third-order valence-corrected chi connectivity index (χ3v) is 4.47. The van der Waals surface area contributed by atoms with Gasteiger partial charge in [-0.2, -0.15) is 0 Å². The van der Waals surface area contributed by atoms with Gasteiger partial charge in [-0.15, -0.1) is 38.0 Å². The lowest BCUT2D eigenvalue weighted by atomic mass is 9.95. The first-order valence-electron chi connectivity index (χ1n) is 8.12. The molecule has 10 heteroatoms. The van der Waals surface area contributed by atoms with Crippen LogP contribution in [0.2, 0.25) is 5.02 Å². The highest BCUT2D eigenvalue weighted by atomic mass is 35.5. The van der Waals surface area contributed by atoms with E-state index in [1.54, 1.807) is 24.3 Å². The Morgan fingerprint density at radius 2 is 1.64 bits per heavy atom. The predicted octanol–water partition coefficient (Wildman–Crippen LogP) is 4.78. The minimum absolute atomic E-state index is 0. The summed E-state index contributed by atoms with van der Waals surface area (Å²) in [6.07, 6.45) is -4.73. The van der Waals surface area contributed by atoms with Gasteiger partial charge >= 0.3 is 6.36 Å². The Labute approximate surface area is 178 Å². The molecule has 1 saturated heterocycles. The van der Waals surface area contributed by atoms with Crippen LogP contribution >= 0.6 is 36.4 Å². The first-order valence-corrected chi connectivity index (χ1v) is 8.50. The molecule has 0 saturated carbocycles. The van der Waals surface area contributed by atoms with E-state index in [4.69, 9.17) is 11.6 Å². The number of nitrogens with one attached hydrogen (secondary N) is 1. The minimum Gasteiger partial charge on any atom is -0.508 e. The first kappa shape index (κ1) is 24.7. The molecule has 4 nitrogen and oxygen atoms in total. The maximum Gasteiger partial charge on any atom is 0.573 e. The molecule has 1 atom stereocenters. The summed E-state index contributed by atoms with van der Waals surface area (Å²) < 4.78 is 41.0. The van der Waals surface area contributed by atoms with E-state index in [-0.39, 0.29) is 42.4 Å². The Morgan fingerprint density at radius 1 is 1.04 bits per heavy atom. The lowest BCUT2D eigenvalue weighted by molar-refractivity contribution is -0.274. The first-order chi connectivity index (χ1) is 12.3. The summed E-state index contributed by atoms with van der Waals surface area (Å²) in [4.78, 5) is 2.15. The predicted molar refractivity (Wildman–Crippen MR) is 107 cm³/mol. The molecule has 0 radical (unpaired) electrons. The normalized spacial score (nSPS) is 15.9. The summed E-state index contributed by atoms with van der Waals surface area (Å²) in [6.45, 7) is 3.04. The average molecular weight is 460 g/mol. The summed E-state index contributed by atoms with van der Waals surface area (Å²) in [5, 5.41) is 14.1. The summed E-state index contributed by atoms with van der Waals surface area (Å²) in [6, 6.07) is 10.2. The van der Waals surface area contributed by atoms with E-state index in [0.717, 1.165) is 31.7 Å². The largest absolute Gasteiger partial charge is 0.573 e. The maximum absolute atomic E-state index is 12.4. The third kappa shape index (κ3) is 6.32. The van der Waals surface area contributed by atoms with Gasteiger partial charge in [0.25, 0.3) is 0 Å². The number of benzene rings is 2. The van der Waals surface area contributed by atoms with Gasteiger partial charge in [-0.05, 0) is 35.9 Å². The van der Waals surface area contributed by atoms with E-state index in [1.165, 1.54) is 18.2 Å². The van der Waals surface area contributed by atoms with Gasteiger partial charge in [-0.3, -0.25) is 4.90 Å². The molecule has 2 aromatic rings. The maximum atomic E-state index is 12.4. The van der Waals surface area contributed by atoms with E-state index in [0.29, 0.717) is 10.6 Å². The van der Waals surface area contributed by atoms with Crippen LogP contribution in [0.25, 0.3) is 0 Å². The van der Waals surface area contributed by atoms with Crippen LogP contribution < -0.4 is 10.1 Å². The summed E-state index contributed by atoms with van der Waals surface area (Å²) in [7, 11) is 0. The fraction of sp³-hybridized carbons (Fsp3) is 0.333. The van der Waals surface area contributed by atoms with Gasteiger partial charge in [0, 0.05) is 36.8 Å². The highest BCUT2D eigenvalue weighted by Gasteiger charge is 2.31. The lowest BCUT2D eigenvalue weighted by Gasteiger charge is -2.36. The van der Waals surface area contributed by atoms with Crippen molar-refractivity contribution in [2.45, 2.75) is 12.4 Å². The summed E-state index contributed by atoms with van der Waals surface area (Å²) in [5.74, 6) is -0.191. The molecule has 3 rings (SSSR count). The van der Waals surface area contributed by atoms with E-state index in [2.05, 4.69) is 15.0 Å². The highest BCUT2D eigenvalue weighted by molar-refractivity contribution is 6.30. The topological polar surface area (TPSA) is 44.7 Å². The number of aromatic hydroxyl groups is 1. The highest BCUT2D eigenvalue weighted by Crippen LogP contribution is 2.37. The number of halogens is 6.